The van der Waals surface area contributed by atoms with E-state index in [9.17, 15) is 9.59 Å². The van der Waals surface area contributed by atoms with Crippen LogP contribution in [0.1, 0.15) is 18.1 Å². The number of aromatic nitrogens is 1. The molecule has 0 aliphatic rings. The van der Waals surface area contributed by atoms with Crippen LogP contribution in [0.2, 0.25) is 0 Å². The Kier molecular flexibility index (Phi) is 7.77. The standard InChI is InChI=1S/C29H32N4O4/c1-6-33(21-10-8-7-9-11-21)27(34)24(18-20-12-14-22(36-5)15-13-20)31-29-30-23-16-17-25(32(3)4)19(2)26(23)28(35)37-29/h7-17,24H,6,18H2,1-5H3,(H,30,31)/t24-/m0/s1. The Morgan fingerprint density at radius 2 is 1.76 bits per heavy atom. The first kappa shape index (κ1) is 25.8. The molecule has 4 aromatic rings. The average molecular weight is 501 g/mol. The fourth-order valence-electron chi connectivity index (χ4n) is 4.46. The molecular formula is C29H32N4O4. The van der Waals surface area contributed by atoms with Crippen molar-refractivity contribution >= 4 is 34.2 Å². The van der Waals surface area contributed by atoms with Gasteiger partial charge >= 0.3 is 5.63 Å². The van der Waals surface area contributed by atoms with E-state index in [1.54, 1.807) is 18.1 Å². The van der Waals surface area contributed by atoms with E-state index in [0.29, 0.717) is 23.9 Å². The number of hydrogen-bond donors (Lipinski definition) is 1. The van der Waals surface area contributed by atoms with Crippen LogP contribution in [-0.2, 0) is 11.2 Å². The van der Waals surface area contributed by atoms with Crippen LogP contribution in [0.4, 0.5) is 17.4 Å². The molecule has 1 amide bonds. The molecule has 192 valence electrons. The number of carbonyl (C=O) groups excluding carboxylic acids is 1. The number of carbonyl (C=O) groups is 1. The number of hydrogen-bond acceptors (Lipinski definition) is 7. The van der Waals surface area contributed by atoms with Gasteiger partial charge in [-0.1, -0.05) is 30.3 Å². The first-order chi connectivity index (χ1) is 17.8. The molecule has 37 heavy (non-hydrogen) atoms. The van der Waals surface area contributed by atoms with Gasteiger partial charge in [-0.15, -0.1) is 0 Å². The summed E-state index contributed by atoms with van der Waals surface area (Å²) in [7, 11) is 5.44. The smallest absolute Gasteiger partial charge is 0.348 e. The van der Waals surface area contributed by atoms with Gasteiger partial charge in [-0.3, -0.25) is 4.79 Å². The Morgan fingerprint density at radius 3 is 2.38 bits per heavy atom. The monoisotopic (exact) mass is 500 g/mol. The zero-order valence-corrected chi connectivity index (χ0v) is 21.8. The number of para-hydroxylation sites is 1. The Labute approximate surface area is 216 Å². The highest BCUT2D eigenvalue weighted by Crippen LogP contribution is 2.25. The number of likely N-dealkylation sites (N-methyl/N-ethyl adjacent to an activating group) is 1. The van der Waals surface area contributed by atoms with Crippen LogP contribution in [0.5, 0.6) is 5.75 Å². The fourth-order valence-corrected chi connectivity index (χ4v) is 4.46. The maximum atomic E-state index is 13.8. The molecule has 0 radical (unpaired) electrons. The van der Waals surface area contributed by atoms with Gasteiger partial charge < -0.3 is 24.3 Å². The third kappa shape index (κ3) is 5.58. The molecule has 1 aromatic heterocycles. The van der Waals surface area contributed by atoms with E-state index in [4.69, 9.17) is 9.15 Å². The normalized spacial score (nSPS) is 11.7. The minimum Gasteiger partial charge on any atom is -0.497 e. The minimum absolute atomic E-state index is 0.00507. The van der Waals surface area contributed by atoms with Crippen molar-refractivity contribution < 1.29 is 13.9 Å². The molecule has 1 heterocycles. The van der Waals surface area contributed by atoms with Gasteiger partial charge in [0, 0.05) is 38.4 Å². The van der Waals surface area contributed by atoms with Gasteiger partial charge in [-0.25, -0.2) is 4.79 Å². The zero-order valence-electron chi connectivity index (χ0n) is 21.8. The van der Waals surface area contributed by atoms with Gasteiger partial charge in [-0.05, 0) is 61.4 Å². The molecular weight excluding hydrogens is 468 g/mol. The van der Waals surface area contributed by atoms with Crippen molar-refractivity contribution in [3.8, 4) is 5.75 Å². The summed E-state index contributed by atoms with van der Waals surface area (Å²) in [5, 5.41) is 3.54. The second-order valence-corrected chi connectivity index (χ2v) is 8.97. The van der Waals surface area contributed by atoms with Crippen molar-refractivity contribution in [1.29, 1.82) is 0 Å². The SMILES string of the molecule is CCN(C(=O)[C@H](Cc1ccc(OC)cc1)Nc1nc2ccc(N(C)C)c(C)c2c(=O)o1)c1ccccc1. The number of anilines is 3. The van der Waals surface area contributed by atoms with E-state index in [1.807, 2.05) is 93.5 Å². The third-order valence-electron chi connectivity index (χ3n) is 6.36. The predicted octanol–water partition coefficient (Wildman–Crippen LogP) is 4.65. The van der Waals surface area contributed by atoms with E-state index in [0.717, 1.165) is 28.3 Å². The molecule has 8 heteroatoms. The van der Waals surface area contributed by atoms with E-state index in [2.05, 4.69) is 10.3 Å². The number of fused-ring (bicyclic) bond motifs is 1. The summed E-state index contributed by atoms with van der Waals surface area (Å²) in [5.74, 6) is 0.571. The third-order valence-corrected chi connectivity index (χ3v) is 6.36. The molecule has 1 N–H and O–H groups in total. The molecule has 0 aliphatic heterocycles. The molecule has 4 rings (SSSR count). The lowest BCUT2D eigenvalue weighted by Gasteiger charge is -2.27. The summed E-state index contributed by atoms with van der Waals surface area (Å²) in [6, 6.07) is 20.0. The van der Waals surface area contributed by atoms with Crippen LogP contribution < -0.4 is 25.5 Å². The molecule has 0 spiro atoms. The first-order valence-electron chi connectivity index (χ1n) is 12.2. The Morgan fingerprint density at radius 1 is 1.05 bits per heavy atom. The van der Waals surface area contributed by atoms with Gasteiger partial charge in [0.2, 0.25) is 5.91 Å². The highest BCUT2D eigenvalue weighted by molar-refractivity contribution is 5.98. The maximum Gasteiger partial charge on any atom is 0.348 e. The molecule has 0 aliphatic carbocycles. The van der Waals surface area contributed by atoms with E-state index in [1.165, 1.54) is 0 Å². The molecule has 0 saturated carbocycles. The van der Waals surface area contributed by atoms with Crippen LogP contribution in [0.25, 0.3) is 10.9 Å². The van der Waals surface area contributed by atoms with Crippen LogP contribution in [0.15, 0.2) is 75.9 Å². The molecule has 0 fully saturated rings. The summed E-state index contributed by atoms with van der Waals surface area (Å²) >= 11 is 0. The quantitative estimate of drug-likeness (QED) is 0.358. The lowest BCUT2D eigenvalue weighted by Crippen LogP contribution is -2.44. The Balaban J connectivity index is 1.72. The number of nitrogens with one attached hydrogen (secondary N) is 1. The van der Waals surface area contributed by atoms with Crippen molar-refractivity contribution in [2.75, 3.05) is 42.9 Å². The summed E-state index contributed by atoms with van der Waals surface area (Å²) in [5.41, 5.74) is 3.42. The lowest BCUT2D eigenvalue weighted by molar-refractivity contribution is -0.119. The van der Waals surface area contributed by atoms with E-state index >= 15 is 0 Å². The van der Waals surface area contributed by atoms with Crippen LogP contribution in [0, 0.1) is 6.92 Å². The number of nitrogens with zero attached hydrogens (tertiary/aromatic N) is 3. The lowest BCUT2D eigenvalue weighted by atomic mass is 10.0. The van der Waals surface area contributed by atoms with Crippen molar-refractivity contribution in [3.63, 3.8) is 0 Å². The van der Waals surface area contributed by atoms with Crippen LogP contribution in [-0.4, -0.2) is 44.7 Å². The molecule has 3 aromatic carbocycles. The van der Waals surface area contributed by atoms with Gasteiger partial charge in [0.05, 0.1) is 18.0 Å². The molecule has 8 nitrogen and oxygen atoms in total. The largest absolute Gasteiger partial charge is 0.497 e. The Bertz CT molecular complexity index is 1430. The molecule has 0 saturated heterocycles. The number of ether oxygens (including phenoxy) is 1. The van der Waals surface area contributed by atoms with Crippen molar-refractivity contribution in [3.05, 3.63) is 88.3 Å². The summed E-state index contributed by atoms with van der Waals surface area (Å²) in [4.78, 5) is 35.0. The second kappa shape index (κ2) is 11.2. The van der Waals surface area contributed by atoms with Crippen molar-refractivity contribution in [1.82, 2.24) is 4.98 Å². The van der Waals surface area contributed by atoms with Crippen molar-refractivity contribution in [2.24, 2.45) is 0 Å². The molecule has 0 bridgehead atoms. The van der Waals surface area contributed by atoms with Crippen LogP contribution in [0.3, 0.4) is 0 Å². The zero-order chi connectivity index (χ0) is 26.5. The number of amides is 1. The number of rotatable bonds is 9. The summed E-state index contributed by atoms with van der Waals surface area (Å²) in [6.07, 6.45) is 0.355. The van der Waals surface area contributed by atoms with Gasteiger partial charge in [-0.2, -0.15) is 4.98 Å². The number of methoxy groups -OCH3 is 1. The fraction of sp³-hybridized carbons (Fsp3) is 0.276. The van der Waals surface area contributed by atoms with Gasteiger partial charge in [0.25, 0.3) is 6.01 Å². The van der Waals surface area contributed by atoms with Gasteiger partial charge in [0.15, 0.2) is 0 Å². The van der Waals surface area contributed by atoms with E-state index < -0.39 is 11.7 Å². The van der Waals surface area contributed by atoms with Crippen LogP contribution >= 0.6 is 0 Å². The number of benzene rings is 3. The average Bonchev–Trinajstić information content (AvgIpc) is 2.89. The van der Waals surface area contributed by atoms with Gasteiger partial charge in [0.1, 0.15) is 11.8 Å². The maximum absolute atomic E-state index is 13.8. The second-order valence-electron chi connectivity index (χ2n) is 8.97. The highest BCUT2D eigenvalue weighted by Gasteiger charge is 2.27. The van der Waals surface area contributed by atoms with Crippen molar-refractivity contribution in [2.45, 2.75) is 26.3 Å². The first-order valence-corrected chi connectivity index (χ1v) is 12.2. The number of aryl methyl sites for hydroxylation is 1. The molecule has 1 atom stereocenters. The predicted molar refractivity (Wildman–Crippen MR) is 148 cm³/mol. The molecule has 0 unspecified atom stereocenters. The topological polar surface area (TPSA) is 87.9 Å². The minimum atomic E-state index is -0.733. The highest BCUT2D eigenvalue weighted by atomic mass is 16.5. The summed E-state index contributed by atoms with van der Waals surface area (Å²) in [6.45, 7) is 4.28. The summed E-state index contributed by atoms with van der Waals surface area (Å²) < 4.78 is 10.9. The van der Waals surface area contributed by atoms with E-state index in [-0.39, 0.29) is 11.9 Å². The Hall–Kier alpha value is -4.33.